The highest BCUT2D eigenvalue weighted by molar-refractivity contribution is 6.03. The maximum atomic E-state index is 11.8. The Kier molecular flexibility index (Phi) is 7.75. The standard InChI is InChI=1S/C23H26N2O5/c1-23(2,3)30-22(29)24-17-11-8-10-16(15-17)9-6-4-5-7-12-20(28)25-21-18(26)13-14-19(21)27/h4-12,15,26H,13-14H2,1-3H3,(H,24,29)(H,25,28)/b5-4+,9-6+,12-7+. The van der Waals surface area contributed by atoms with Gasteiger partial charge in [0.15, 0.2) is 5.78 Å². The lowest BCUT2D eigenvalue weighted by Gasteiger charge is -2.19. The molecule has 0 saturated carbocycles. The van der Waals surface area contributed by atoms with Gasteiger partial charge in [0.1, 0.15) is 17.1 Å². The number of anilines is 1. The van der Waals surface area contributed by atoms with Crippen molar-refractivity contribution in [1.82, 2.24) is 5.32 Å². The number of ketones is 1. The van der Waals surface area contributed by atoms with Gasteiger partial charge in [0.05, 0.1) is 0 Å². The summed E-state index contributed by atoms with van der Waals surface area (Å²) in [7, 11) is 0. The van der Waals surface area contributed by atoms with E-state index in [-0.39, 0.29) is 30.1 Å². The number of hydrogen-bond donors (Lipinski definition) is 3. The minimum Gasteiger partial charge on any atom is -0.510 e. The van der Waals surface area contributed by atoms with E-state index in [0.29, 0.717) is 5.69 Å². The molecule has 0 unspecified atom stereocenters. The molecule has 7 heteroatoms. The Morgan fingerprint density at radius 1 is 1.07 bits per heavy atom. The predicted molar refractivity (Wildman–Crippen MR) is 116 cm³/mol. The van der Waals surface area contributed by atoms with E-state index >= 15 is 0 Å². The molecule has 1 aliphatic carbocycles. The second-order valence-electron chi connectivity index (χ2n) is 7.59. The van der Waals surface area contributed by atoms with Crippen LogP contribution in [0.25, 0.3) is 6.08 Å². The van der Waals surface area contributed by atoms with Crippen molar-refractivity contribution in [3.05, 3.63) is 71.7 Å². The van der Waals surface area contributed by atoms with Gasteiger partial charge in [0.2, 0.25) is 5.91 Å². The molecule has 1 aromatic carbocycles. The third kappa shape index (κ3) is 7.79. The predicted octanol–water partition coefficient (Wildman–Crippen LogP) is 4.41. The highest BCUT2D eigenvalue weighted by Crippen LogP contribution is 2.18. The van der Waals surface area contributed by atoms with E-state index in [9.17, 15) is 19.5 Å². The Morgan fingerprint density at radius 2 is 1.80 bits per heavy atom. The van der Waals surface area contributed by atoms with Gasteiger partial charge in [0.25, 0.3) is 0 Å². The van der Waals surface area contributed by atoms with Crippen LogP contribution in [0.2, 0.25) is 0 Å². The summed E-state index contributed by atoms with van der Waals surface area (Å²) >= 11 is 0. The van der Waals surface area contributed by atoms with Gasteiger partial charge < -0.3 is 15.2 Å². The van der Waals surface area contributed by atoms with Crippen LogP contribution in [0.15, 0.2) is 66.1 Å². The molecule has 0 aliphatic heterocycles. The second kappa shape index (κ2) is 10.2. The molecule has 7 nitrogen and oxygen atoms in total. The fourth-order valence-electron chi connectivity index (χ4n) is 2.53. The van der Waals surface area contributed by atoms with Crippen LogP contribution >= 0.6 is 0 Å². The van der Waals surface area contributed by atoms with Crippen LogP contribution in [0.3, 0.4) is 0 Å². The van der Waals surface area contributed by atoms with Crippen LogP contribution in [-0.4, -0.2) is 28.5 Å². The zero-order valence-corrected chi connectivity index (χ0v) is 17.3. The van der Waals surface area contributed by atoms with Crippen LogP contribution in [0.1, 0.15) is 39.2 Å². The molecule has 2 amide bonds. The maximum absolute atomic E-state index is 11.8. The number of hydrogen-bond acceptors (Lipinski definition) is 5. The van der Waals surface area contributed by atoms with Crippen molar-refractivity contribution >= 4 is 29.5 Å². The first-order chi connectivity index (χ1) is 14.1. The van der Waals surface area contributed by atoms with Gasteiger partial charge in [-0.25, -0.2) is 4.79 Å². The number of Topliss-reactive ketones (excluding diaryl/α,β-unsaturated/α-hetero) is 1. The first-order valence-electron chi connectivity index (χ1n) is 9.52. The number of ether oxygens (including phenoxy) is 1. The average Bonchev–Trinajstić information content (AvgIpc) is 2.95. The first-order valence-corrected chi connectivity index (χ1v) is 9.52. The third-order valence-corrected chi connectivity index (χ3v) is 3.81. The Hall–Kier alpha value is -3.61. The molecule has 30 heavy (non-hydrogen) atoms. The first kappa shape index (κ1) is 22.7. The zero-order valence-electron chi connectivity index (χ0n) is 17.3. The van der Waals surface area contributed by atoms with Gasteiger partial charge in [-0.15, -0.1) is 0 Å². The lowest BCUT2D eigenvalue weighted by molar-refractivity contribution is -0.119. The number of rotatable bonds is 6. The van der Waals surface area contributed by atoms with Gasteiger partial charge in [0, 0.05) is 24.6 Å². The van der Waals surface area contributed by atoms with Crippen LogP contribution in [-0.2, 0) is 14.3 Å². The van der Waals surface area contributed by atoms with E-state index in [1.165, 1.54) is 12.2 Å². The Balaban J connectivity index is 1.85. The van der Waals surface area contributed by atoms with E-state index in [1.807, 2.05) is 18.2 Å². The molecule has 0 bridgehead atoms. The molecule has 1 aliphatic rings. The van der Waals surface area contributed by atoms with Crippen molar-refractivity contribution in [3.63, 3.8) is 0 Å². The SMILES string of the molecule is CC(C)(C)OC(=O)Nc1cccc(/C=C/C=C/C=C/C(=O)NC2=C(O)CCC2=O)c1. The van der Waals surface area contributed by atoms with Crippen molar-refractivity contribution in [1.29, 1.82) is 0 Å². The van der Waals surface area contributed by atoms with Crippen molar-refractivity contribution in [2.75, 3.05) is 5.32 Å². The monoisotopic (exact) mass is 410 g/mol. The number of aliphatic hydroxyl groups is 1. The molecular weight excluding hydrogens is 384 g/mol. The number of benzene rings is 1. The summed E-state index contributed by atoms with van der Waals surface area (Å²) in [5.74, 6) is -0.832. The summed E-state index contributed by atoms with van der Waals surface area (Å²) in [5, 5.41) is 14.6. The molecule has 0 atom stereocenters. The van der Waals surface area contributed by atoms with E-state index in [0.717, 1.165) is 5.56 Å². The number of nitrogens with one attached hydrogen (secondary N) is 2. The summed E-state index contributed by atoms with van der Waals surface area (Å²) < 4.78 is 5.22. The van der Waals surface area contributed by atoms with Crippen molar-refractivity contribution in [2.24, 2.45) is 0 Å². The number of carbonyl (C=O) groups is 3. The molecule has 0 aromatic heterocycles. The fraction of sp³-hybridized carbons (Fsp3) is 0.261. The highest BCUT2D eigenvalue weighted by atomic mass is 16.6. The van der Waals surface area contributed by atoms with Crippen LogP contribution in [0.5, 0.6) is 0 Å². The number of amides is 2. The van der Waals surface area contributed by atoms with Gasteiger partial charge in [-0.05, 0) is 38.5 Å². The van der Waals surface area contributed by atoms with E-state index < -0.39 is 17.6 Å². The lowest BCUT2D eigenvalue weighted by Crippen LogP contribution is -2.27. The van der Waals surface area contributed by atoms with E-state index in [2.05, 4.69) is 10.6 Å². The van der Waals surface area contributed by atoms with Crippen molar-refractivity contribution < 1.29 is 24.2 Å². The summed E-state index contributed by atoms with van der Waals surface area (Å²) in [5.41, 5.74) is 0.900. The molecule has 2 rings (SSSR count). The normalized spacial score (nSPS) is 14.8. The molecule has 0 saturated heterocycles. The second-order valence-corrected chi connectivity index (χ2v) is 7.59. The fourth-order valence-corrected chi connectivity index (χ4v) is 2.53. The molecule has 0 spiro atoms. The molecule has 0 fully saturated rings. The molecule has 158 valence electrons. The number of allylic oxidation sites excluding steroid dienone is 6. The zero-order chi connectivity index (χ0) is 22.1. The largest absolute Gasteiger partial charge is 0.510 e. The Morgan fingerprint density at radius 3 is 2.47 bits per heavy atom. The van der Waals surface area contributed by atoms with Gasteiger partial charge in [-0.2, -0.15) is 0 Å². The van der Waals surface area contributed by atoms with Crippen LogP contribution in [0.4, 0.5) is 10.5 Å². The smallest absolute Gasteiger partial charge is 0.412 e. The van der Waals surface area contributed by atoms with Crippen molar-refractivity contribution in [2.45, 2.75) is 39.2 Å². The van der Waals surface area contributed by atoms with Gasteiger partial charge in [-0.1, -0.05) is 42.5 Å². The minimum atomic E-state index is -0.569. The molecule has 0 heterocycles. The minimum absolute atomic E-state index is 0.0200. The summed E-state index contributed by atoms with van der Waals surface area (Å²) in [6.07, 6.45) is 9.75. The third-order valence-electron chi connectivity index (χ3n) is 3.81. The molecular formula is C23H26N2O5. The molecule has 3 N–H and O–H groups in total. The summed E-state index contributed by atoms with van der Waals surface area (Å²) in [4.78, 5) is 35.1. The van der Waals surface area contributed by atoms with Gasteiger partial charge >= 0.3 is 6.09 Å². The highest BCUT2D eigenvalue weighted by Gasteiger charge is 2.23. The maximum Gasteiger partial charge on any atom is 0.412 e. The Labute approximate surface area is 175 Å². The van der Waals surface area contributed by atoms with E-state index in [4.69, 9.17) is 4.74 Å². The molecule has 1 aromatic rings. The molecule has 0 radical (unpaired) electrons. The number of aliphatic hydroxyl groups excluding tert-OH is 1. The van der Waals surface area contributed by atoms with Gasteiger partial charge in [-0.3, -0.25) is 14.9 Å². The average molecular weight is 410 g/mol. The lowest BCUT2D eigenvalue weighted by atomic mass is 10.2. The quantitative estimate of drug-likeness (QED) is 0.476. The summed E-state index contributed by atoms with van der Waals surface area (Å²) in [6.45, 7) is 5.39. The topological polar surface area (TPSA) is 105 Å². The van der Waals surface area contributed by atoms with E-state index in [1.54, 1.807) is 51.1 Å². The summed E-state index contributed by atoms with van der Waals surface area (Å²) in [6, 6.07) is 7.26. The Bertz CT molecular complexity index is 933. The number of carbonyl (C=O) groups excluding carboxylic acids is 3. The van der Waals surface area contributed by atoms with Crippen LogP contribution in [0, 0.1) is 0 Å². The van der Waals surface area contributed by atoms with Crippen molar-refractivity contribution in [3.8, 4) is 0 Å². The van der Waals surface area contributed by atoms with Crippen LogP contribution < -0.4 is 10.6 Å².